The third-order valence-corrected chi connectivity index (χ3v) is 3.20. The highest BCUT2D eigenvalue weighted by Crippen LogP contribution is 2.20. The summed E-state index contributed by atoms with van der Waals surface area (Å²) in [6, 6.07) is 16.9. The van der Waals surface area contributed by atoms with Gasteiger partial charge in [-0.1, -0.05) is 41.9 Å². The Balaban J connectivity index is 2.07. The molecule has 0 unspecified atom stereocenters. The molecule has 2 rings (SSSR count). The van der Waals surface area contributed by atoms with Crippen molar-refractivity contribution in [3.05, 3.63) is 77.0 Å². The molecule has 2 N–H and O–H groups in total. The second kappa shape index (κ2) is 7.78. The Hall–Kier alpha value is -3.10. The van der Waals surface area contributed by atoms with Crippen molar-refractivity contribution < 1.29 is 9.59 Å². The summed E-state index contributed by atoms with van der Waals surface area (Å²) in [5.41, 5.74) is 0.635. The maximum absolute atomic E-state index is 12.0. The maximum Gasteiger partial charge on any atom is 0.270 e. The van der Waals surface area contributed by atoms with Crippen molar-refractivity contribution in [1.29, 1.82) is 5.26 Å². The molecule has 23 heavy (non-hydrogen) atoms. The maximum atomic E-state index is 12.0. The fourth-order valence-electron chi connectivity index (χ4n) is 1.71. The Bertz CT molecular complexity index is 795. The molecule has 114 valence electrons. The Morgan fingerprint density at radius 3 is 2.35 bits per heavy atom. The van der Waals surface area contributed by atoms with Crippen LogP contribution in [-0.4, -0.2) is 11.8 Å². The zero-order valence-corrected chi connectivity index (χ0v) is 12.7. The first kappa shape index (κ1) is 16.3. The van der Waals surface area contributed by atoms with Crippen LogP contribution in [0.5, 0.6) is 0 Å². The smallest absolute Gasteiger partial charge is 0.270 e. The van der Waals surface area contributed by atoms with Gasteiger partial charge in [0.25, 0.3) is 11.8 Å². The van der Waals surface area contributed by atoms with E-state index < -0.39 is 11.8 Å². The number of benzene rings is 2. The summed E-state index contributed by atoms with van der Waals surface area (Å²) in [6.45, 7) is 0. The third-order valence-electron chi connectivity index (χ3n) is 2.87. The zero-order valence-electron chi connectivity index (χ0n) is 11.9. The van der Waals surface area contributed by atoms with Gasteiger partial charge in [0.05, 0.1) is 10.7 Å². The molecule has 2 amide bonds. The molecule has 0 radical (unpaired) electrons. The van der Waals surface area contributed by atoms with Crippen LogP contribution in [0.25, 0.3) is 0 Å². The van der Waals surface area contributed by atoms with E-state index in [1.165, 1.54) is 6.20 Å². The molecule has 0 spiro atoms. The first-order valence-electron chi connectivity index (χ1n) is 6.64. The number of carbonyl (C=O) groups is 2. The van der Waals surface area contributed by atoms with Crippen LogP contribution in [0.15, 0.2) is 66.4 Å². The molecule has 0 saturated carbocycles. The van der Waals surface area contributed by atoms with E-state index >= 15 is 0 Å². The van der Waals surface area contributed by atoms with Gasteiger partial charge >= 0.3 is 0 Å². The monoisotopic (exact) mass is 325 g/mol. The van der Waals surface area contributed by atoms with E-state index in [0.717, 1.165) is 0 Å². The number of rotatable bonds is 4. The third kappa shape index (κ3) is 4.43. The summed E-state index contributed by atoms with van der Waals surface area (Å²) >= 11 is 5.97. The molecule has 2 aromatic carbocycles. The van der Waals surface area contributed by atoms with E-state index in [2.05, 4.69) is 10.6 Å². The highest BCUT2D eigenvalue weighted by Gasteiger charge is 2.14. The minimum absolute atomic E-state index is 0.241. The topological polar surface area (TPSA) is 82.0 Å². The van der Waals surface area contributed by atoms with Gasteiger partial charge in [-0.25, -0.2) is 0 Å². The first-order chi connectivity index (χ1) is 11.1. The van der Waals surface area contributed by atoms with E-state index in [-0.39, 0.29) is 5.57 Å². The number of anilines is 1. The number of imide groups is 1. The number of halogens is 1. The number of amides is 2. The molecule has 0 bridgehead atoms. The lowest BCUT2D eigenvalue weighted by Gasteiger charge is -2.05. The summed E-state index contributed by atoms with van der Waals surface area (Å²) in [4.78, 5) is 23.9. The number of hydrogen-bond acceptors (Lipinski definition) is 4. The van der Waals surface area contributed by atoms with Gasteiger partial charge in [0.1, 0.15) is 11.6 Å². The van der Waals surface area contributed by atoms with Gasteiger partial charge in [-0.15, -0.1) is 0 Å². The number of nitriles is 1. The van der Waals surface area contributed by atoms with E-state index in [9.17, 15) is 9.59 Å². The van der Waals surface area contributed by atoms with Gasteiger partial charge in [-0.05, 0) is 24.3 Å². The molecular weight excluding hydrogens is 314 g/mol. The molecule has 0 aliphatic rings. The largest absolute Gasteiger partial charge is 0.359 e. The lowest BCUT2D eigenvalue weighted by atomic mass is 10.2. The van der Waals surface area contributed by atoms with E-state index in [1.807, 2.05) is 0 Å². The van der Waals surface area contributed by atoms with Crippen LogP contribution in [0.4, 0.5) is 5.69 Å². The number of para-hydroxylation sites is 1. The summed E-state index contributed by atoms with van der Waals surface area (Å²) in [5.74, 6) is -1.37. The summed E-state index contributed by atoms with van der Waals surface area (Å²) in [7, 11) is 0. The average Bonchev–Trinajstić information content (AvgIpc) is 2.57. The summed E-state index contributed by atoms with van der Waals surface area (Å²) in [6.07, 6.45) is 1.20. The van der Waals surface area contributed by atoms with E-state index in [0.29, 0.717) is 16.3 Å². The summed E-state index contributed by atoms with van der Waals surface area (Å²) < 4.78 is 0. The number of nitrogens with zero attached hydrogens (tertiary/aromatic N) is 1. The molecule has 5 nitrogen and oxygen atoms in total. The predicted molar refractivity (Wildman–Crippen MR) is 87.7 cm³/mol. The molecule has 0 heterocycles. The lowest BCUT2D eigenvalue weighted by Crippen LogP contribution is -2.31. The average molecular weight is 326 g/mol. The molecule has 0 aliphatic carbocycles. The molecule has 0 aliphatic heterocycles. The molecule has 6 heteroatoms. The first-order valence-corrected chi connectivity index (χ1v) is 7.01. The zero-order chi connectivity index (χ0) is 16.7. The van der Waals surface area contributed by atoms with Crippen molar-refractivity contribution in [2.24, 2.45) is 0 Å². The van der Waals surface area contributed by atoms with E-state index in [4.69, 9.17) is 16.9 Å². The highest BCUT2D eigenvalue weighted by atomic mass is 35.5. The van der Waals surface area contributed by atoms with E-state index in [1.54, 1.807) is 60.7 Å². The molecular formula is C17H12ClN3O2. The lowest BCUT2D eigenvalue weighted by molar-refractivity contribution is -0.116. The Morgan fingerprint density at radius 2 is 1.70 bits per heavy atom. The normalized spacial score (nSPS) is 10.5. The molecule has 2 aromatic rings. The summed E-state index contributed by atoms with van der Waals surface area (Å²) in [5, 5.41) is 14.4. The minimum Gasteiger partial charge on any atom is -0.359 e. The van der Waals surface area contributed by atoms with Gasteiger partial charge in [0.15, 0.2) is 0 Å². The standard InChI is InChI=1S/C17H12ClN3O2/c18-14-8-4-5-9-15(14)20-11-13(10-19)17(23)21-16(22)12-6-2-1-3-7-12/h1-9,11,20H,(H,21,22,23). The van der Waals surface area contributed by atoms with Gasteiger partial charge in [0.2, 0.25) is 0 Å². The number of nitrogens with one attached hydrogen (secondary N) is 2. The SMILES string of the molecule is N#CC(=CNc1ccccc1Cl)C(=O)NC(=O)c1ccccc1. The Labute approximate surface area is 138 Å². The van der Waals surface area contributed by atoms with Crippen LogP contribution in [0, 0.1) is 11.3 Å². The predicted octanol–water partition coefficient (Wildman–Crippen LogP) is 3.12. The highest BCUT2D eigenvalue weighted by molar-refractivity contribution is 6.33. The van der Waals surface area contributed by atoms with Crippen LogP contribution in [0.2, 0.25) is 5.02 Å². The molecule has 0 aromatic heterocycles. The van der Waals surface area contributed by atoms with Gasteiger partial charge in [-0.3, -0.25) is 14.9 Å². The van der Waals surface area contributed by atoms with Crippen LogP contribution in [0.1, 0.15) is 10.4 Å². The van der Waals surface area contributed by atoms with Gasteiger partial charge < -0.3 is 5.32 Å². The number of carbonyl (C=O) groups excluding carboxylic acids is 2. The van der Waals surface area contributed by atoms with Crippen LogP contribution in [-0.2, 0) is 4.79 Å². The number of hydrogen-bond donors (Lipinski definition) is 2. The van der Waals surface area contributed by atoms with Crippen LogP contribution in [0.3, 0.4) is 0 Å². The molecule has 0 fully saturated rings. The minimum atomic E-state index is -0.791. The van der Waals surface area contributed by atoms with Crippen molar-refractivity contribution in [3.8, 4) is 6.07 Å². The Kier molecular flexibility index (Phi) is 5.50. The molecule has 0 atom stereocenters. The van der Waals surface area contributed by atoms with Crippen LogP contribution < -0.4 is 10.6 Å². The van der Waals surface area contributed by atoms with Crippen molar-refractivity contribution in [2.75, 3.05) is 5.32 Å². The van der Waals surface area contributed by atoms with Crippen molar-refractivity contribution >= 4 is 29.1 Å². The van der Waals surface area contributed by atoms with Gasteiger partial charge in [0, 0.05) is 11.8 Å². The second-order valence-electron chi connectivity index (χ2n) is 4.44. The van der Waals surface area contributed by atoms with Gasteiger partial charge in [-0.2, -0.15) is 5.26 Å². The van der Waals surface area contributed by atoms with Crippen molar-refractivity contribution in [1.82, 2.24) is 5.32 Å². The quantitative estimate of drug-likeness (QED) is 0.668. The van der Waals surface area contributed by atoms with Crippen LogP contribution >= 0.6 is 11.6 Å². The Morgan fingerprint density at radius 1 is 1.04 bits per heavy atom. The van der Waals surface area contributed by atoms with Crippen molar-refractivity contribution in [2.45, 2.75) is 0 Å². The second-order valence-corrected chi connectivity index (χ2v) is 4.85. The molecule has 0 saturated heterocycles. The fraction of sp³-hybridized carbons (Fsp3) is 0. The fourth-order valence-corrected chi connectivity index (χ4v) is 1.90. The van der Waals surface area contributed by atoms with Crippen molar-refractivity contribution in [3.63, 3.8) is 0 Å².